The Morgan fingerprint density at radius 1 is 1.14 bits per heavy atom. The van der Waals surface area contributed by atoms with Crippen molar-refractivity contribution >= 4 is 33.2 Å². The second-order valence-electron chi connectivity index (χ2n) is 7.04. The van der Waals surface area contributed by atoms with Gasteiger partial charge in [-0.05, 0) is 64.8 Å². The third-order valence-electron chi connectivity index (χ3n) is 4.40. The van der Waals surface area contributed by atoms with Crippen LogP contribution < -0.4 is 5.46 Å². The summed E-state index contributed by atoms with van der Waals surface area (Å²) in [4.78, 5) is 0. The third-order valence-corrected chi connectivity index (χ3v) is 5.55. The average Bonchev–Trinajstić information content (AvgIpc) is 2.57. The Bertz CT molecular complexity index is 532. The fourth-order valence-electron chi connectivity index (χ4n) is 2.42. The summed E-state index contributed by atoms with van der Waals surface area (Å²) >= 11 is 6.45. The molecule has 6 heteroatoms. The van der Waals surface area contributed by atoms with Crippen molar-refractivity contribution in [2.45, 2.75) is 65.0 Å². The van der Waals surface area contributed by atoms with Crippen molar-refractivity contribution in [3.63, 3.8) is 0 Å². The summed E-state index contributed by atoms with van der Waals surface area (Å²) in [6.45, 7) is 14.5. The molecule has 3 nitrogen and oxygen atoms in total. The minimum Gasteiger partial charge on any atom is -0.411 e. The first-order valence-electron chi connectivity index (χ1n) is 7.65. The van der Waals surface area contributed by atoms with Crippen LogP contribution in [0.3, 0.4) is 0 Å². The van der Waals surface area contributed by atoms with Crippen molar-refractivity contribution in [2.24, 2.45) is 0 Å². The summed E-state index contributed by atoms with van der Waals surface area (Å²) in [6.07, 6.45) is 0.00346. The van der Waals surface area contributed by atoms with E-state index in [0.717, 1.165) is 11.0 Å². The molecular weight excluding hydrogens is 315 g/mol. The van der Waals surface area contributed by atoms with Gasteiger partial charge < -0.3 is 13.7 Å². The quantitative estimate of drug-likeness (QED) is 0.777. The first-order valence-corrected chi connectivity index (χ1v) is 10.4. The van der Waals surface area contributed by atoms with E-state index in [0.29, 0.717) is 5.02 Å². The Kier molecular flexibility index (Phi) is 5.15. The predicted molar refractivity (Wildman–Crippen MR) is 94.2 cm³/mol. The summed E-state index contributed by atoms with van der Waals surface area (Å²) in [6, 6.07) is 5.95. The van der Waals surface area contributed by atoms with Gasteiger partial charge in [-0.3, -0.25) is 0 Å². The molecule has 22 heavy (non-hydrogen) atoms. The predicted octanol–water partition coefficient (Wildman–Crippen LogP) is 3.97. The fourth-order valence-corrected chi connectivity index (χ4v) is 3.59. The first-order chi connectivity index (χ1) is 10.0. The lowest BCUT2D eigenvalue weighted by Gasteiger charge is -2.32. The van der Waals surface area contributed by atoms with E-state index in [2.05, 4.69) is 13.1 Å². The maximum Gasteiger partial charge on any atom is 0.494 e. The molecule has 2 rings (SSSR count). The molecule has 0 aliphatic carbocycles. The van der Waals surface area contributed by atoms with Gasteiger partial charge in [0.05, 0.1) is 17.3 Å². The minimum absolute atomic E-state index is 0.00346. The van der Waals surface area contributed by atoms with E-state index in [1.54, 1.807) is 0 Å². The first kappa shape index (κ1) is 18.0. The van der Waals surface area contributed by atoms with Gasteiger partial charge in [-0.2, -0.15) is 0 Å². The van der Waals surface area contributed by atoms with Gasteiger partial charge in [0.2, 0.25) is 9.04 Å². The Balaban J connectivity index is 2.20. The molecule has 0 N–H and O–H groups in total. The number of hydrogen-bond donors (Lipinski definition) is 0. The highest BCUT2D eigenvalue weighted by Crippen LogP contribution is 2.37. The largest absolute Gasteiger partial charge is 0.494 e. The van der Waals surface area contributed by atoms with Gasteiger partial charge in [0.15, 0.2) is 0 Å². The third kappa shape index (κ3) is 3.60. The molecule has 0 aromatic heterocycles. The maximum absolute atomic E-state index is 6.45. The molecule has 0 saturated carbocycles. The van der Waals surface area contributed by atoms with Gasteiger partial charge in [0.25, 0.3) is 0 Å². The van der Waals surface area contributed by atoms with E-state index < -0.39 is 9.04 Å². The van der Waals surface area contributed by atoms with Gasteiger partial charge in [0.1, 0.15) is 0 Å². The SMILES string of the molecule is C[C@H](O[Si](C)C)c1ccc(B2OC(C)(C)C(C)(C)O2)cc1Cl. The molecule has 1 heterocycles. The summed E-state index contributed by atoms with van der Waals surface area (Å²) in [5, 5.41) is 0.697. The molecule has 121 valence electrons. The zero-order chi connectivity index (χ0) is 16.7. The summed E-state index contributed by atoms with van der Waals surface area (Å²) < 4.78 is 18.0. The van der Waals surface area contributed by atoms with Crippen LogP contribution in [0.25, 0.3) is 0 Å². The van der Waals surface area contributed by atoms with Crippen molar-refractivity contribution in [3.8, 4) is 0 Å². The zero-order valence-corrected chi connectivity index (χ0v) is 16.2. The van der Waals surface area contributed by atoms with Crippen LogP contribution in [0.15, 0.2) is 18.2 Å². The van der Waals surface area contributed by atoms with Crippen LogP contribution in [-0.4, -0.2) is 27.4 Å². The lowest BCUT2D eigenvalue weighted by atomic mass is 9.78. The van der Waals surface area contributed by atoms with Gasteiger partial charge in [-0.1, -0.05) is 23.7 Å². The molecule has 0 amide bonds. The second-order valence-corrected chi connectivity index (χ2v) is 9.50. The molecule has 1 aromatic rings. The van der Waals surface area contributed by atoms with Crippen molar-refractivity contribution in [3.05, 3.63) is 28.8 Å². The molecule has 1 radical (unpaired) electrons. The maximum atomic E-state index is 6.45. The molecule has 1 saturated heterocycles. The van der Waals surface area contributed by atoms with E-state index in [9.17, 15) is 0 Å². The van der Waals surface area contributed by atoms with E-state index in [4.69, 9.17) is 25.3 Å². The highest BCUT2D eigenvalue weighted by atomic mass is 35.5. The smallest absolute Gasteiger partial charge is 0.411 e. The Labute approximate surface area is 141 Å². The number of benzene rings is 1. The van der Waals surface area contributed by atoms with Crippen LogP contribution in [0.2, 0.25) is 18.1 Å². The standard InChI is InChI=1S/C16H25BClO3Si/c1-11(19-22(6)7)13-9-8-12(10-14(13)18)17-20-15(2,3)16(4,5)21-17/h8-11H,1-7H3/t11-/m0/s1. The summed E-state index contributed by atoms with van der Waals surface area (Å²) in [5.74, 6) is 0. The van der Waals surface area contributed by atoms with Crippen molar-refractivity contribution in [2.75, 3.05) is 0 Å². The minimum atomic E-state index is -0.761. The van der Waals surface area contributed by atoms with E-state index in [-0.39, 0.29) is 24.4 Å². The van der Waals surface area contributed by atoms with E-state index in [1.165, 1.54) is 0 Å². The normalized spacial score (nSPS) is 21.4. The molecule has 0 spiro atoms. The van der Waals surface area contributed by atoms with Crippen LogP contribution in [0.5, 0.6) is 0 Å². The Morgan fingerprint density at radius 2 is 1.68 bits per heavy atom. The van der Waals surface area contributed by atoms with Gasteiger partial charge in [-0.25, -0.2) is 0 Å². The lowest BCUT2D eigenvalue weighted by Crippen LogP contribution is -2.41. The fraction of sp³-hybridized carbons (Fsp3) is 0.625. The summed E-state index contributed by atoms with van der Waals surface area (Å²) in [7, 11) is -1.15. The van der Waals surface area contributed by atoms with Crippen molar-refractivity contribution in [1.82, 2.24) is 0 Å². The van der Waals surface area contributed by atoms with Gasteiger partial charge in [-0.15, -0.1) is 0 Å². The second kappa shape index (κ2) is 6.29. The highest BCUT2D eigenvalue weighted by molar-refractivity contribution is 6.62. The number of hydrogen-bond acceptors (Lipinski definition) is 3. The molecule has 1 atom stereocenters. The van der Waals surface area contributed by atoms with Crippen LogP contribution in [0.4, 0.5) is 0 Å². The van der Waals surface area contributed by atoms with Crippen LogP contribution >= 0.6 is 11.6 Å². The number of rotatable bonds is 4. The van der Waals surface area contributed by atoms with Crippen molar-refractivity contribution < 1.29 is 13.7 Å². The Morgan fingerprint density at radius 3 is 2.14 bits per heavy atom. The highest BCUT2D eigenvalue weighted by Gasteiger charge is 2.51. The molecular formula is C16H25BClO3Si. The average molecular weight is 340 g/mol. The van der Waals surface area contributed by atoms with Crippen LogP contribution in [0, 0.1) is 0 Å². The Hall–Kier alpha value is -0.328. The molecule has 0 unspecified atom stereocenters. The van der Waals surface area contributed by atoms with Gasteiger partial charge >= 0.3 is 7.12 Å². The molecule has 1 aliphatic rings. The van der Waals surface area contributed by atoms with Gasteiger partial charge in [0, 0.05) is 5.02 Å². The molecule has 1 aliphatic heterocycles. The monoisotopic (exact) mass is 339 g/mol. The molecule has 1 aromatic carbocycles. The van der Waals surface area contributed by atoms with Crippen LogP contribution in [0.1, 0.15) is 46.3 Å². The number of halogens is 1. The molecule has 1 fully saturated rings. The molecule has 0 bridgehead atoms. The van der Waals surface area contributed by atoms with Crippen molar-refractivity contribution in [1.29, 1.82) is 0 Å². The topological polar surface area (TPSA) is 27.7 Å². The zero-order valence-electron chi connectivity index (χ0n) is 14.5. The van der Waals surface area contributed by atoms with Crippen LogP contribution in [-0.2, 0) is 13.7 Å². The van der Waals surface area contributed by atoms with E-state index >= 15 is 0 Å². The lowest BCUT2D eigenvalue weighted by molar-refractivity contribution is 0.00578. The summed E-state index contributed by atoms with van der Waals surface area (Å²) in [5.41, 5.74) is 1.26. The van der Waals surface area contributed by atoms with E-state index in [1.807, 2.05) is 52.8 Å².